The Bertz CT molecular complexity index is 1350. The molecule has 4 aromatic carbocycles. The molecule has 3 nitrogen and oxygen atoms in total. The van der Waals surface area contributed by atoms with Crippen LogP contribution in [0.15, 0.2) is 128 Å². The number of benzene rings is 4. The Morgan fingerprint density at radius 3 is 1.56 bits per heavy atom. The van der Waals surface area contributed by atoms with Crippen molar-refractivity contribution in [2.45, 2.75) is 32.4 Å². The number of hydrogen-bond donors (Lipinski definition) is 1. The molecule has 0 bridgehead atoms. The molecule has 0 radical (unpaired) electrons. The van der Waals surface area contributed by atoms with Gasteiger partial charge in [0.05, 0.1) is 0 Å². The van der Waals surface area contributed by atoms with E-state index >= 15 is 0 Å². The van der Waals surface area contributed by atoms with Crippen LogP contribution in [0.3, 0.4) is 0 Å². The van der Waals surface area contributed by atoms with Gasteiger partial charge in [0.15, 0.2) is 0 Å². The second-order valence-electron chi connectivity index (χ2n) is 10.4. The average Bonchev–Trinajstić information content (AvgIpc) is 3.31. The van der Waals surface area contributed by atoms with Gasteiger partial charge in [-0.3, -0.25) is 4.79 Å². The van der Waals surface area contributed by atoms with Crippen LogP contribution in [0.4, 0.5) is 0 Å². The third-order valence-electron chi connectivity index (χ3n) is 6.91. The molecule has 1 amide bonds. The summed E-state index contributed by atoms with van der Waals surface area (Å²) in [6, 6.07) is 40.7. The third-order valence-corrected chi connectivity index (χ3v) is 6.91. The predicted octanol–water partition coefficient (Wildman–Crippen LogP) is 7.34. The molecule has 180 valence electrons. The zero-order valence-electron chi connectivity index (χ0n) is 21.1. The van der Waals surface area contributed by atoms with Gasteiger partial charge in [0.25, 0.3) is 0 Å². The lowest BCUT2D eigenvalue weighted by atomic mass is 9.76. The normalized spacial score (nSPS) is 12.9. The lowest BCUT2D eigenvalue weighted by molar-refractivity contribution is -0.128. The first-order chi connectivity index (χ1) is 17.4. The lowest BCUT2D eigenvalue weighted by Crippen LogP contribution is -2.52. The molecule has 36 heavy (non-hydrogen) atoms. The van der Waals surface area contributed by atoms with Crippen molar-refractivity contribution in [1.29, 1.82) is 0 Å². The molecule has 1 aromatic heterocycles. The van der Waals surface area contributed by atoms with Crippen molar-refractivity contribution in [3.8, 4) is 0 Å². The summed E-state index contributed by atoms with van der Waals surface area (Å²) < 4.78 is 2.12. The van der Waals surface area contributed by atoms with E-state index in [4.69, 9.17) is 0 Å². The Labute approximate surface area is 213 Å². The van der Waals surface area contributed by atoms with Crippen LogP contribution in [0.25, 0.3) is 10.9 Å². The number of nitrogens with zero attached hydrogens (tertiary/aromatic N) is 1. The SMILES string of the molecule is CC(C)(C)C(C(=O)NC(c1ccccc1)(c1ccccc1)c1ccccc1)n1ccc2ccccc21. The molecule has 0 aliphatic rings. The predicted molar refractivity (Wildman–Crippen MR) is 148 cm³/mol. The van der Waals surface area contributed by atoms with Gasteiger partial charge in [-0.25, -0.2) is 0 Å². The molecule has 1 N–H and O–H groups in total. The Morgan fingerprint density at radius 2 is 1.08 bits per heavy atom. The molecule has 1 unspecified atom stereocenters. The van der Waals surface area contributed by atoms with Crippen LogP contribution >= 0.6 is 0 Å². The van der Waals surface area contributed by atoms with E-state index in [1.807, 2.05) is 72.9 Å². The number of hydrogen-bond acceptors (Lipinski definition) is 1. The standard InChI is InChI=1S/C33H32N2O/c1-32(2,3)30(35-24-23-25-15-13-14-22-29(25)35)31(36)34-33(26-16-7-4-8-17-26,27-18-9-5-10-19-27)28-20-11-6-12-21-28/h4-24,30H,1-3H3,(H,34,36). The summed E-state index contributed by atoms with van der Waals surface area (Å²) in [6.07, 6.45) is 2.04. The van der Waals surface area contributed by atoms with E-state index in [1.165, 1.54) is 0 Å². The average molecular weight is 473 g/mol. The fraction of sp³-hybridized carbons (Fsp3) is 0.182. The van der Waals surface area contributed by atoms with E-state index in [1.54, 1.807) is 0 Å². The summed E-state index contributed by atoms with van der Waals surface area (Å²) in [4.78, 5) is 14.5. The second kappa shape index (κ2) is 9.50. The minimum absolute atomic E-state index is 0.0274. The summed E-state index contributed by atoms with van der Waals surface area (Å²) in [5.41, 5.74) is 2.91. The van der Waals surface area contributed by atoms with E-state index < -0.39 is 11.6 Å². The number of para-hydroxylation sites is 1. The zero-order chi connectivity index (χ0) is 25.2. The first kappa shape index (κ1) is 23.6. The van der Waals surface area contributed by atoms with Gasteiger partial charge in [-0.15, -0.1) is 0 Å². The molecule has 0 saturated carbocycles. The molecular formula is C33H32N2O. The molecule has 1 heterocycles. The maximum absolute atomic E-state index is 14.5. The van der Waals surface area contributed by atoms with Gasteiger partial charge >= 0.3 is 0 Å². The van der Waals surface area contributed by atoms with Crippen molar-refractivity contribution in [1.82, 2.24) is 9.88 Å². The number of nitrogens with one attached hydrogen (secondary N) is 1. The van der Waals surface area contributed by atoms with Crippen LogP contribution in [0.5, 0.6) is 0 Å². The number of rotatable bonds is 6. The smallest absolute Gasteiger partial charge is 0.244 e. The molecule has 1 atom stereocenters. The fourth-order valence-corrected chi connectivity index (χ4v) is 5.30. The Morgan fingerprint density at radius 1 is 0.639 bits per heavy atom. The Kier molecular flexibility index (Phi) is 6.24. The third kappa shape index (κ3) is 4.22. The van der Waals surface area contributed by atoms with E-state index in [-0.39, 0.29) is 11.3 Å². The van der Waals surface area contributed by atoms with Crippen LogP contribution in [-0.2, 0) is 10.3 Å². The van der Waals surface area contributed by atoms with Gasteiger partial charge in [0.2, 0.25) is 5.91 Å². The first-order valence-electron chi connectivity index (χ1n) is 12.5. The molecule has 5 aromatic rings. The topological polar surface area (TPSA) is 34.0 Å². The molecule has 0 fully saturated rings. The van der Waals surface area contributed by atoms with Crippen LogP contribution in [0, 0.1) is 5.41 Å². The van der Waals surface area contributed by atoms with Crippen molar-refractivity contribution in [2.24, 2.45) is 5.41 Å². The molecule has 5 rings (SSSR count). The van der Waals surface area contributed by atoms with Crippen LogP contribution in [0.2, 0.25) is 0 Å². The minimum atomic E-state index is -0.854. The summed E-state index contributed by atoms with van der Waals surface area (Å²) in [6.45, 7) is 6.38. The van der Waals surface area contributed by atoms with Crippen molar-refractivity contribution in [3.63, 3.8) is 0 Å². The molecular weight excluding hydrogens is 440 g/mol. The highest BCUT2D eigenvalue weighted by Crippen LogP contribution is 2.40. The second-order valence-corrected chi connectivity index (χ2v) is 10.4. The van der Waals surface area contributed by atoms with Gasteiger partial charge in [-0.1, -0.05) is 130 Å². The summed E-state index contributed by atoms with van der Waals surface area (Å²) in [5.74, 6) is -0.0274. The molecule has 3 heteroatoms. The Hall–Kier alpha value is -4.11. The number of carbonyl (C=O) groups is 1. The largest absolute Gasteiger partial charge is 0.337 e. The lowest BCUT2D eigenvalue weighted by Gasteiger charge is -2.40. The van der Waals surface area contributed by atoms with Crippen LogP contribution in [-0.4, -0.2) is 10.5 Å². The van der Waals surface area contributed by atoms with Crippen LogP contribution in [0.1, 0.15) is 43.5 Å². The first-order valence-corrected chi connectivity index (χ1v) is 12.5. The highest BCUT2D eigenvalue weighted by molar-refractivity contribution is 5.87. The summed E-state index contributed by atoms with van der Waals surface area (Å²) in [7, 11) is 0. The van der Waals surface area contributed by atoms with Gasteiger partial charge in [-0.05, 0) is 39.6 Å². The number of fused-ring (bicyclic) bond motifs is 1. The van der Waals surface area contributed by atoms with Crippen LogP contribution < -0.4 is 5.32 Å². The van der Waals surface area contributed by atoms with Gasteiger partial charge in [0, 0.05) is 11.7 Å². The highest BCUT2D eigenvalue weighted by Gasteiger charge is 2.42. The summed E-state index contributed by atoms with van der Waals surface area (Å²) in [5, 5.41) is 4.70. The fourth-order valence-electron chi connectivity index (χ4n) is 5.30. The van der Waals surface area contributed by atoms with Crippen molar-refractivity contribution in [2.75, 3.05) is 0 Å². The monoisotopic (exact) mass is 472 g/mol. The van der Waals surface area contributed by atoms with Crippen molar-refractivity contribution < 1.29 is 4.79 Å². The number of aromatic nitrogens is 1. The molecule has 0 spiro atoms. The van der Waals surface area contributed by atoms with Crippen molar-refractivity contribution in [3.05, 3.63) is 144 Å². The molecule has 0 aliphatic heterocycles. The van der Waals surface area contributed by atoms with E-state index in [2.05, 4.69) is 85.3 Å². The van der Waals surface area contributed by atoms with Gasteiger partial charge in [0.1, 0.15) is 11.6 Å². The molecule has 0 aliphatic carbocycles. The van der Waals surface area contributed by atoms with Gasteiger partial charge in [-0.2, -0.15) is 0 Å². The highest BCUT2D eigenvalue weighted by atomic mass is 16.2. The van der Waals surface area contributed by atoms with E-state index in [9.17, 15) is 4.79 Å². The summed E-state index contributed by atoms with van der Waals surface area (Å²) >= 11 is 0. The Balaban J connectivity index is 1.72. The maximum atomic E-state index is 14.5. The van der Waals surface area contributed by atoms with E-state index in [0.29, 0.717) is 0 Å². The number of amides is 1. The quantitative estimate of drug-likeness (QED) is 0.258. The van der Waals surface area contributed by atoms with Gasteiger partial charge < -0.3 is 9.88 Å². The zero-order valence-corrected chi connectivity index (χ0v) is 21.1. The van der Waals surface area contributed by atoms with E-state index in [0.717, 1.165) is 27.6 Å². The number of carbonyl (C=O) groups excluding carboxylic acids is 1. The maximum Gasteiger partial charge on any atom is 0.244 e. The van der Waals surface area contributed by atoms with Crippen molar-refractivity contribution >= 4 is 16.8 Å². The molecule has 0 saturated heterocycles. The minimum Gasteiger partial charge on any atom is -0.337 e.